The van der Waals surface area contributed by atoms with Crippen LogP contribution in [0.3, 0.4) is 0 Å². The lowest BCUT2D eigenvalue weighted by Gasteiger charge is -2.22. The smallest absolute Gasteiger partial charge is 0.261 e. The molecule has 30 heavy (non-hydrogen) atoms. The van der Waals surface area contributed by atoms with E-state index in [0.717, 1.165) is 11.3 Å². The Kier molecular flexibility index (Phi) is 5.53. The lowest BCUT2D eigenvalue weighted by atomic mass is 10.1. The van der Waals surface area contributed by atoms with Gasteiger partial charge < -0.3 is 24.3 Å². The fourth-order valence-corrected chi connectivity index (χ4v) is 3.18. The first-order chi connectivity index (χ1) is 14.5. The molecule has 0 spiro atoms. The van der Waals surface area contributed by atoms with Crippen molar-refractivity contribution < 1.29 is 18.8 Å². The molecule has 0 saturated carbocycles. The molecule has 9 nitrogen and oxygen atoms in total. The van der Waals surface area contributed by atoms with Crippen LogP contribution in [0.15, 0.2) is 52.0 Å². The Hall–Kier alpha value is -3.59. The lowest BCUT2D eigenvalue weighted by Crippen LogP contribution is -2.30. The van der Waals surface area contributed by atoms with Crippen molar-refractivity contribution in [3.8, 4) is 11.5 Å². The van der Waals surface area contributed by atoms with E-state index in [-0.39, 0.29) is 24.9 Å². The zero-order valence-electron chi connectivity index (χ0n) is 16.7. The summed E-state index contributed by atoms with van der Waals surface area (Å²) in [5.74, 6) is 0.887. The molecule has 0 saturated heterocycles. The molecule has 1 amide bonds. The Morgan fingerprint density at radius 2 is 2.07 bits per heavy atom. The summed E-state index contributed by atoms with van der Waals surface area (Å²) in [6.07, 6.45) is 1.53. The molecule has 0 fully saturated rings. The number of nitrogens with one attached hydrogen (secondary N) is 2. The van der Waals surface area contributed by atoms with Crippen molar-refractivity contribution in [1.82, 2.24) is 20.4 Å². The Labute approximate surface area is 172 Å². The summed E-state index contributed by atoms with van der Waals surface area (Å²) in [6.45, 7) is 2.95. The number of carbonyl (C=O) groups excluding carboxylic acids is 1. The summed E-state index contributed by atoms with van der Waals surface area (Å²) < 4.78 is 15.5. The number of rotatable bonds is 7. The van der Waals surface area contributed by atoms with Crippen LogP contribution in [0, 0.1) is 0 Å². The molecule has 3 aromatic rings. The first kappa shape index (κ1) is 19.7. The van der Waals surface area contributed by atoms with Gasteiger partial charge >= 0.3 is 0 Å². The molecule has 1 atom stereocenters. The van der Waals surface area contributed by atoms with Crippen LogP contribution < -0.4 is 20.3 Å². The summed E-state index contributed by atoms with van der Waals surface area (Å²) in [4.78, 5) is 29.7. The fourth-order valence-electron chi connectivity index (χ4n) is 3.18. The maximum Gasteiger partial charge on any atom is 0.261 e. The molecule has 3 heterocycles. The number of carbonyl (C=O) groups is 1. The Morgan fingerprint density at radius 1 is 1.23 bits per heavy atom. The van der Waals surface area contributed by atoms with E-state index in [4.69, 9.17) is 14.0 Å². The highest BCUT2D eigenvalue weighted by Gasteiger charge is 2.17. The molecule has 1 aromatic carbocycles. The van der Waals surface area contributed by atoms with Gasteiger partial charge in [0.2, 0.25) is 6.79 Å². The van der Waals surface area contributed by atoms with Gasteiger partial charge in [-0.2, -0.15) is 0 Å². The van der Waals surface area contributed by atoms with E-state index in [1.807, 2.05) is 31.0 Å². The van der Waals surface area contributed by atoms with Gasteiger partial charge in [0, 0.05) is 24.8 Å². The van der Waals surface area contributed by atoms with E-state index in [0.29, 0.717) is 23.7 Å². The minimum absolute atomic E-state index is 0.0110. The summed E-state index contributed by atoms with van der Waals surface area (Å²) in [5.41, 5.74) is 1.98. The maximum absolute atomic E-state index is 12.5. The molecule has 4 rings (SSSR count). The third-order valence-electron chi connectivity index (χ3n) is 5.07. The maximum atomic E-state index is 12.5. The molecular formula is C21H22N4O5. The Morgan fingerprint density at radius 3 is 2.83 bits per heavy atom. The van der Waals surface area contributed by atoms with Crippen molar-refractivity contribution in [2.75, 3.05) is 13.8 Å². The number of H-pyrrole nitrogens is 1. The number of pyridine rings is 1. The largest absolute Gasteiger partial charge is 0.454 e. The van der Waals surface area contributed by atoms with Gasteiger partial charge in [0.15, 0.2) is 11.5 Å². The van der Waals surface area contributed by atoms with E-state index in [1.54, 1.807) is 18.2 Å². The number of amides is 1. The molecule has 0 aliphatic carbocycles. The van der Waals surface area contributed by atoms with Crippen LogP contribution >= 0.6 is 0 Å². The van der Waals surface area contributed by atoms with E-state index in [1.165, 1.54) is 12.3 Å². The molecule has 1 aliphatic heterocycles. The number of aromatic amines is 1. The molecule has 0 radical (unpaired) electrons. The van der Waals surface area contributed by atoms with E-state index >= 15 is 0 Å². The van der Waals surface area contributed by atoms with Crippen LogP contribution in [0.4, 0.5) is 0 Å². The number of ether oxygens (including phenoxy) is 2. The number of hydrogen-bond acceptors (Lipinski definition) is 7. The standard InChI is InChI=1S/C21H22N4O5/c1-13(17-7-8-30-24-17)25(2)11-15-4-5-16(21(27)23-15)20(26)22-10-14-3-6-18-19(9-14)29-12-28-18/h3-9,13H,10-12H2,1-2H3,(H,22,26)(H,23,27). The third kappa shape index (κ3) is 4.20. The second kappa shape index (κ2) is 8.42. The first-order valence-electron chi connectivity index (χ1n) is 9.50. The number of hydrogen-bond donors (Lipinski definition) is 2. The highest BCUT2D eigenvalue weighted by Crippen LogP contribution is 2.32. The fraction of sp³-hybridized carbons (Fsp3) is 0.286. The van der Waals surface area contributed by atoms with Crippen LogP contribution in [0.5, 0.6) is 11.5 Å². The van der Waals surface area contributed by atoms with Gasteiger partial charge in [-0.3, -0.25) is 14.5 Å². The average Bonchev–Trinajstić information content (AvgIpc) is 3.43. The minimum atomic E-state index is -0.440. The molecular weight excluding hydrogens is 388 g/mol. The van der Waals surface area contributed by atoms with Gasteiger partial charge in [-0.05, 0) is 43.8 Å². The van der Waals surface area contributed by atoms with Crippen LogP contribution in [0.25, 0.3) is 0 Å². The van der Waals surface area contributed by atoms with E-state index in [9.17, 15) is 9.59 Å². The highest BCUT2D eigenvalue weighted by atomic mass is 16.7. The monoisotopic (exact) mass is 410 g/mol. The molecule has 156 valence electrons. The SMILES string of the molecule is CC(c1ccon1)N(C)Cc1ccc(C(=O)NCc2ccc3c(c2)OCO3)c(=O)[nH]1. The molecule has 2 N–H and O–H groups in total. The van der Waals surface area contributed by atoms with Crippen molar-refractivity contribution >= 4 is 5.91 Å². The van der Waals surface area contributed by atoms with Crippen molar-refractivity contribution in [1.29, 1.82) is 0 Å². The highest BCUT2D eigenvalue weighted by molar-refractivity contribution is 5.93. The molecule has 1 unspecified atom stereocenters. The zero-order valence-corrected chi connectivity index (χ0v) is 16.7. The van der Waals surface area contributed by atoms with Crippen LogP contribution in [-0.4, -0.2) is 34.8 Å². The van der Waals surface area contributed by atoms with Gasteiger partial charge in [0.1, 0.15) is 17.5 Å². The summed E-state index contributed by atoms with van der Waals surface area (Å²) in [7, 11) is 1.92. The van der Waals surface area contributed by atoms with Gasteiger partial charge in [0.25, 0.3) is 11.5 Å². The van der Waals surface area contributed by atoms with Crippen molar-refractivity contribution in [3.05, 3.63) is 75.5 Å². The van der Waals surface area contributed by atoms with Crippen molar-refractivity contribution in [2.24, 2.45) is 0 Å². The molecule has 9 heteroatoms. The van der Waals surface area contributed by atoms with E-state index in [2.05, 4.69) is 15.5 Å². The summed E-state index contributed by atoms with van der Waals surface area (Å²) >= 11 is 0. The third-order valence-corrected chi connectivity index (χ3v) is 5.07. The van der Waals surface area contributed by atoms with Gasteiger partial charge in [0.05, 0.1) is 6.04 Å². The second-order valence-corrected chi connectivity index (χ2v) is 7.11. The Bertz CT molecular complexity index is 1090. The average molecular weight is 410 g/mol. The normalized spacial score (nSPS) is 13.4. The predicted molar refractivity (Wildman–Crippen MR) is 107 cm³/mol. The van der Waals surface area contributed by atoms with Gasteiger partial charge in [-0.15, -0.1) is 0 Å². The lowest BCUT2D eigenvalue weighted by molar-refractivity contribution is 0.0949. The first-order valence-corrected chi connectivity index (χ1v) is 9.50. The number of aromatic nitrogens is 2. The Balaban J connectivity index is 1.37. The van der Waals surface area contributed by atoms with Gasteiger partial charge in [-0.25, -0.2) is 0 Å². The topological polar surface area (TPSA) is 110 Å². The number of nitrogens with zero attached hydrogens (tertiary/aromatic N) is 2. The number of benzene rings is 1. The van der Waals surface area contributed by atoms with Crippen molar-refractivity contribution in [2.45, 2.75) is 26.1 Å². The summed E-state index contributed by atoms with van der Waals surface area (Å²) in [5, 5.41) is 6.70. The number of fused-ring (bicyclic) bond motifs is 1. The molecule has 0 bridgehead atoms. The molecule has 1 aliphatic rings. The van der Waals surface area contributed by atoms with Crippen molar-refractivity contribution in [3.63, 3.8) is 0 Å². The second-order valence-electron chi connectivity index (χ2n) is 7.11. The predicted octanol–water partition coefficient (Wildman–Crippen LogP) is 2.21. The van der Waals surface area contributed by atoms with Crippen LogP contribution in [-0.2, 0) is 13.1 Å². The minimum Gasteiger partial charge on any atom is -0.454 e. The van der Waals surface area contributed by atoms with Gasteiger partial charge in [-0.1, -0.05) is 11.2 Å². The van der Waals surface area contributed by atoms with Crippen LogP contribution in [0.2, 0.25) is 0 Å². The molecule has 2 aromatic heterocycles. The van der Waals surface area contributed by atoms with E-state index < -0.39 is 11.5 Å². The zero-order chi connectivity index (χ0) is 21.1. The quantitative estimate of drug-likeness (QED) is 0.615. The van der Waals surface area contributed by atoms with Crippen LogP contribution in [0.1, 0.15) is 40.3 Å². The summed E-state index contributed by atoms with van der Waals surface area (Å²) in [6, 6.07) is 10.5.